The first-order valence-corrected chi connectivity index (χ1v) is 13.2. The molecule has 5 atom stereocenters. The number of benzene rings is 2. The third-order valence-corrected chi connectivity index (χ3v) is 6.17. The average molecular weight is 621 g/mol. The van der Waals surface area contributed by atoms with Crippen molar-refractivity contribution in [3.63, 3.8) is 0 Å². The highest BCUT2D eigenvalue weighted by molar-refractivity contribution is 6.31. The number of hydrogen-bond acceptors (Lipinski definition) is 13. The molecule has 0 bridgehead atoms. The fourth-order valence-corrected chi connectivity index (χ4v) is 4.43. The summed E-state index contributed by atoms with van der Waals surface area (Å²) in [5.41, 5.74) is 0.0493. The van der Waals surface area contributed by atoms with E-state index in [1.165, 1.54) is 24.3 Å². The molecule has 0 unspecified atom stereocenters. The van der Waals surface area contributed by atoms with Gasteiger partial charge >= 0.3 is 23.9 Å². The molecule has 1 heterocycles. The standard InChI is InChI=1S/C29H29ClO13/c1-14(31)38-13-25-26(39-15(2)32)27(40-16(3)33)28(41-17(4)34)29(43-25)42-20-8-9-21(23(36)11-20)24(37)12-22(35)18-6-5-7-19(30)10-18/h5-11,25-29,36H,12-13H2,1-4H3/t25-,26-,27+,28-,29-/m1/s1. The molecule has 3 rings (SSSR count). The van der Waals surface area contributed by atoms with Crippen LogP contribution in [0, 0.1) is 0 Å². The van der Waals surface area contributed by atoms with Crippen molar-refractivity contribution in [1.82, 2.24) is 0 Å². The summed E-state index contributed by atoms with van der Waals surface area (Å²) >= 11 is 5.91. The van der Waals surface area contributed by atoms with Crippen LogP contribution in [0.4, 0.5) is 0 Å². The zero-order valence-corrected chi connectivity index (χ0v) is 24.3. The quantitative estimate of drug-likeness (QED) is 0.168. The van der Waals surface area contributed by atoms with Crippen LogP contribution in [0.3, 0.4) is 0 Å². The van der Waals surface area contributed by atoms with E-state index in [2.05, 4.69) is 0 Å². The topological polar surface area (TPSA) is 178 Å². The molecule has 14 heteroatoms. The minimum absolute atomic E-state index is 0.0869. The molecule has 1 aliphatic heterocycles. The summed E-state index contributed by atoms with van der Waals surface area (Å²) < 4.78 is 32.7. The molecule has 1 saturated heterocycles. The number of esters is 4. The number of aromatic hydroxyl groups is 1. The number of ketones is 2. The molecule has 0 spiro atoms. The highest BCUT2D eigenvalue weighted by atomic mass is 35.5. The number of halogens is 1. The molecular weight excluding hydrogens is 592 g/mol. The lowest BCUT2D eigenvalue weighted by Gasteiger charge is -2.43. The molecule has 13 nitrogen and oxygen atoms in total. The lowest BCUT2D eigenvalue weighted by Crippen LogP contribution is -2.63. The largest absolute Gasteiger partial charge is 0.507 e. The van der Waals surface area contributed by atoms with E-state index < -0.39 is 84.9 Å². The molecule has 0 aromatic heterocycles. The summed E-state index contributed by atoms with van der Waals surface area (Å²) in [4.78, 5) is 72.6. The molecule has 2 aromatic carbocycles. The van der Waals surface area contributed by atoms with E-state index in [1.54, 1.807) is 12.1 Å². The molecule has 2 aromatic rings. The summed E-state index contributed by atoms with van der Waals surface area (Å²) in [5, 5.41) is 10.9. The molecule has 0 saturated carbocycles. The fourth-order valence-electron chi connectivity index (χ4n) is 4.24. The monoisotopic (exact) mass is 620 g/mol. The van der Waals surface area contributed by atoms with Crippen molar-refractivity contribution in [2.24, 2.45) is 0 Å². The number of phenolic OH excluding ortho intramolecular Hbond substituents is 1. The molecule has 0 amide bonds. The molecule has 1 aliphatic rings. The predicted octanol–water partition coefficient (Wildman–Crippen LogP) is 2.96. The van der Waals surface area contributed by atoms with Gasteiger partial charge in [0.15, 0.2) is 23.8 Å². The Hall–Kier alpha value is -4.49. The SMILES string of the molecule is CC(=O)OC[C@H]1O[C@@H](Oc2ccc(C(=O)CC(=O)c3cccc(Cl)c3)c(O)c2)[C@H](OC(C)=O)[C@@H](OC(C)=O)[C@@H]1OC(C)=O. The third-order valence-electron chi connectivity index (χ3n) is 5.94. The first-order valence-electron chi connectivity index (χ1n) is 12.9. The Morgan fingerprint density at radius 2 is 1.42 bits per heavy atom. The van der Waals surface area contributed by atoms with E-state index in [0.29, 0.717) is 5.02 Å². The fraction of sp³-hybridized carbons (Fsp3) is 0.379. The summed E-state index contributed by atoms with van der Waals surface area (Å²) in [6, 6.07) is 9.63. The molecule has 0 radical (unpaired) electrons. The number of carbonyl (C=O) groups excluding carboxylic acids is 6. The van der Waals surface area contributed by atoms with Crippen molar-refractivity contribution in [3.05, 3.63) is 58.6 Å². The summed E-state index contributed by atoms with van der Waals surface area (Å²) in [6.45, 7) is 3.91. The van der Waals surface area contributed by atoms with Crippen LogP contribution in [0.25, 0.3) is 0 Å². The highest BCUT2D eigenvalue weighted by Crippen LogP contribution is 2.33. The van der Waals surface area contributed by atoms with Gasteiger partial charge in [0, 0.05) is 44.3 Å². The second kappa shape index (κ2) is 14.6. The maximum atomic E-state index is 12.8. The van der Waals surface area contributed by atoms with Gasteiger partial charge < -0.3 is 33.5 Å². The molecule has 230 valence electrons. The Bertz CT molecular complexity index is 1400. The number of carbonyl (C=O) groups is 6. The van der Waals surface area contributed by atoms with Gasteiger partial charge in [-0.05, 0) is 24.3 Å². The maximum absolute atomic E-state index is 12.8. The Labute approximate surface area is 250 Å². The highest BCUT2D eigenvalue weighted by Gasteiger charge is 2.53. The van der Waals surface area contributed by atoms with Crippen molar-refractivity contribution in [2.45, 2.75) is 64.8 Å². The van der Waals surface area contributed by atoms with Gasteiger partial charge in [0.05, 0.1) is 12.0 Å². The Morgan fingerprint density at radius 3 is 2.00 bits per heavy atom. The summed E-state index contributed by atoms with van der Waals surface area (Å²) in [7, 11) is 0. The molecular formula is C29H29ClO13. The normalized spacial score (nSPS) is 21.2. The van der Waals surface area contributed by atoms with Crippen LogP contribution >= 0.6 is 11.6 Å². The predicted molar refractivity (Wildman–Crippen MR) is 145 cm³/mol. The van der Waals surface area contributed by atoms with Gasteiger partial charge in [-0.1, -0.05) is 23.7 Å². The van der Waals surface area contributed by atoms with Gasteiger partial charge in [0.1, 0.15) is 24.2 Å². The second-order valence-electron chi connectivity index (χ2n) is 9.40. The van der Waals surface area contributed by atoms with Gasteiger partial charge in [0.25, 0.3) is 0 Å². The molecule has 0 aliphatic carbocycles. The van der Waals surface area contributed by atoms with Crippen LogP contribution in [0.2, 0.25) is 5.02 Å². The smallest absolute Gasteiger partial charge is 0.303 e. The number of hydrogen-bond donors (Lipinski definition) is 1. The van der Waals surface area contributed by atoms with Crippen LogP contribution in [0.1, 0.15) is 54.8 Å². The molecule has 1 fully saturated rings. The first-order chi connectivity index (χ1) is 20.2. The van der Waals surface area contributed by atoms with E-state index in [9.17, 15) is 33.9 Å². The minimum Gasteiger partial charge on any atom is -0.507 e. The van der Waals surface area contributed by atoms with Crippen molar-refractivity contribution in [3.8, 4) is 11.5 Å². The van der Waals surface area contributed by atoms with Crippen molar-refractivity contribution < 1.29 is 62.3 Å². The Morgan fingerprint density at radius 1 is 0.791 bits per heavy atom. The van der Waals surface area contributed by atoms with E-state index in [1.807, 2.05) is 0 Å². The van der Waals surface area contributed by atoms with Gasteiger partial charge in [-0.25, -0.2) is 0 Å². The Balaban J connectivity index is 1.89. The van der Waals surface area contributed by atoms with Crippen molar-refractivity contribution in [1.29, 1.82) is 0 Å². The zero-order chi connectivity index (χ0) is 31.8. The maximum Gasteiger partial charge on any atom is 0.303 e. The molecule has 1 N–H and O–H groups in total. The number of rotatable bonds is 11. The van der Waals surface area contributed by atoms with Crippen LogP contribution in [-0.2, 0) is 42.9 Å². The third kappa shape index (κ3) is 9.25. The van der Waals surface area contributed by atoms with Gasteiger partial charge in [-0.3, -0.25) is 28.8 Å². The van der Waals surface area contributed by atoms with Crippen LogP contribution in [-0.4, -0.2) is 77.9 Å². The lowest BCUT2D eigenvalue weighted by atomic mass is 9.98. The second-order valence-corrected chi connectivity index (χ2v) is 9.83. The average Bonchev–Trinajstić information content (AvgIpc) is 2.90. The summed E-state index contributed by atoms with van der Waals surface area (Å²) in [6.07, 6.45) is -7.69. The van der Waals surface area contributed by atoms with Crippen LogP contribution < -0.4 is 4.74 Å². The summed E-state index contributed by atoms with van der Waals surface area (Å²) in [5.74, 6) is -4.94. The van der Waals surface area contributed by atoms with E-state index in [4.69, 9.17) is 40.0 Å². The number of phenols is 1. The van der Waals surface area contributed by atoms with Gasteiger partial charge in [0.2, 0.25) is 12.4 Å². The van der Waals surface area contributed by atoms with E-state index >= 15 is 0 Å². The first kappa shape index (κ1) is 33.0. The Kier molecular flexibility index (Phi) is 11.2. The van der Waals surface area contributed by atoms with Gasteiger partial charge in [-0.15, -0.1) is 0 Å². The number of ether oxygens (including phenoxy) is 6. The van der Waals surface area contributed by atoms with E-state index in [0.717, 1.165) is 33.8 Å². The van der Waals surface area contributed by atoms with Crippen LogP contribution in [0.15, 0.2) is 42.5 Å². The molecule has 43 heavy (non-hydrogen) atoms. The number of Topliss-reactive ketones (excluding diaryl/α,β-unsaturated/α-hetero) is 2. The van der Waals surface area contributed by atoms with Gasteiger partial charge in [-0.2, -0.15) is 0 Å². The van der Waals surface area contributed by atoms with Crippen molar-refractivity contribution in [2.75, 3.05) is 6.61 Å². The van der Waals surface area contributed by atoms with Crippen molar-refractivity contribution >= 4 is 47.0 Å². The zero-order valence-electron chi connectivity index (χ0n) is 23.6. The van der Waals surface area contributed by atoms with Crippen LogP contribution in [0.5, 0.6) is 11.5 Å². The van der Waals surface area contributed by atoms with E-state index in [-0.39, 0.29) is 16.9 Å². The minimum atomic E-state index is -1.55. The lowest BCUT2D eigenvalue weighted by molar-refractivity contribution is -0.288.